The van der Waals surface area contributed by atoms with Gasteiger partial charge in [0, 0.05) is 37.6 Å². The summed E-state index contributed by atoms with van der Waals surface area (Å²) in [6.07, 6.45) is 0.580. The van der Waals surface area contributed by atoms with Crippen LogP contribution in [0, 0.1) is 5.82 Å². The normalized spacial score (nSPS) is 18.7. The highest BCUT2D eigenvalue weighted by molar-refractivity contribution is 5.99. The summed E-state index contributed by atoms with van der Waals surface area (Å²) in [5, 5.41) is 6.72. The zero-order valence-electron chi connectivity index (χ0n) is 16.3. The van der Waals surface area contributed by atoms with Crippen molar-refractivity contribution in [3.63, 3.8) is 0 Å². The summed E-state index contributed by atoms with van der Waals surface area (Å²) in [6, 6.07) is 13.7. The number of carbonyl (C=O) groups excluding carboxylic acids is 2. The molecule has 1 aliphatic rings. The van der Waals surface area contributed by atoms with E-state index in [2.05, 4.69) is 15.6 Å². The van der Waals surface area contributed by atoms with Crippen molar-refractivity contribution < 1.29 is 14.0 Å². The highest BCUT2D eigenvalue weighted by Crippen LogP contribution is 2.26. The molecule has 1 aromatic heterocycles. The Morgan fingerprint density at radius 3 is 2.55 bits per heavy atom. The zero-order chi connectivity index (χ0) is 20.5. The Hall–Kier alpha value is -3.19. The average molecular weight is 394 g/mol. The molecular weight excluding hydrogens is 371 g/mol. The van der Waals surface area contributed by atoms with E-state index >= 15 is 0 Å². The number of halogens is 1. The van der Waals surface area contributed by atoms with Gasteiger partial charge in [-0.1, -0.05) is 24.3 Å². The van der Waals surface area contributed by atoms with Gasteiger partial charge in [0.1, 0.15) is 11.5 Å². The first-order chi connectivity index (χ1) is 14.0. The van der Waals surface area contributed by atoms with Gasteiger partial charge in [0.25, 0.3) is 5.91 Å². The van der Waals surface area contributed by atoms with Crippen molar-refractivity contribution >= 4 is 22.7 Å². The fourth-order valence-electron chi connectivity index (χ4n) is 3.81. The van der Waals surface area contributed by atoms with Gasteiger partial charge in [0.15, 0.2) is 0 Å². The molecule has 0 unspecified atom stereocenters. The molecule has 1 fully saturated rings. The lowest BCUT2D eigenvalue weighted by Gasteiger charge is -2.23. The number of H-pyrrole nitrogens is 1. The van der Waals surface area contributed by atoms with Crippen LogP contribution in [0.4, 0.5) is 4.39 Å². The lowest BCUT2D eigenvalue weighted by Crippen LogP contribution is -2.38. The molecule has 2 aromatic carbocycles. The van der Waals surface area contributed by atoms with Gasteiger partial charge in [0.05, 0.1) is 6.04 Å². The molecule has 0 aliphatic carbocycles. The summed E-state index contributed by atoms with van der Waals surface area (Å²) in [5.41, 5.74) is 3.20. The van der Waals surface area contributed by atoms with Crippen LogP contribution < -0.4 is 10.6 Å². The number of carbonyl (C=O) groups is 2. The van der Waals surface area contributed by atoms with Gasteiger partial charge in [-0.25, -0.2) is 4.39 Å². The largest absolute Gasteiger partial charge is 0.358 e. The number of hydrogen-bond donors (Lipinski definition) is 3. The summed E-state index contributed by atoms with van der Waals surface area (Å²) in [4.78, 5) is 29.7. The Kier molecular flexibility index (Phi) is 5.07. The van der Waals surface area contributed by atoms with Crippen molar-refractivity contribution in [2.45, 2.75) is 18.5 Å². The number of aromatic nitrogens is 1. The maximum atomic E-state index is 13.2. The summed E-state index contributed by atoms with van der Waals surface area (Å²) in [7, 11) is 3.37. The monoisotopic (exact) mass is 394 g/mol. The minimum atomic E-state index is -0.277. The Bertz CT molecular complexity index is 1060. The first-order valence-corrected chi connectivity index (χ1v) is 9.57. The molecule has 3 N–H and O–H groups in total. The lowest BCUT2D eigenvalue weighted by molar-refractivity contribution is -0.122. The van der Waals surface area contributed by atoms with Crippen LogP contribution in [0.1, 0.15) is 16.9 Å². The van der Waals surface area contributed by atoms with E-state index in [0.29, 0.717) is 18.7 Å². The second-order valence-electron chi connectivity index (χ2n) is 7.37. The van der Waals surface area contributed by atoms with Crippen molar-refractivity contribution in [1.29, 1.82) is 0 Å². The third kappa shape index (κ3) is 3.73. The lowest BCUT2D eigenvalue weighted by atomic mass is 10.0. The molecule has 2 heterocycles. The van der Waals surface area contributed by atoms with Crippen LogP contribution in [0.15, 0.2) is 48.5 Å². The van der Waals surface area contributed by atoms with Gasteiger partial charge in [-0.15, -0.1) is 0 Å². The first-order valence-electron chi connectivity index (χ1n) is 9.57. The number of aromatic amines is 1. The Balaban J connectivity index is 1.54. The molecular formula is C22H23FN4O2. The number of hydrogen-bond acceptors (Lipinski definition) is 3. The van der Waals surface area contributed by atoms with Gasteiger partial charge in [-0.2, -0.15) is 0 Å². The Morgan fingerprint density at radius 1 is 1.10 bits per heavy atom. The Labute approximate surface area is 168 Å². The third-order valence-corrected chi connectivity index (χ3v) is 5.57. The Morgan fingerprint density at radius 2 is 1.83 bits per heavy atom. The molecule has 150 valence electrons. The maximum Gasteiger partial charge on any atom is 0.270 e. The van der Waals surface area contributed by atoms with Gasteiger partial charge in [0.2, 0.25) is 5.91 Å². The third-order valence-electron chi connectivity index (χ3n) is 5.57. The molecule has 0 saturated carbocycles. The average Bonchev–Trinajstić information content (AvgIpc) is 3.39. The van der Waals surface area contributed by atoms with E-state index in [1.165, 1.54) is 12.1 Å². The zero-order valence-corrected chi connectivity index (χ0v) is 16.3. The molecule has 0 radical (unpaired) electrons. The van der Waals surface area contributed by atoms with E-state index in [-0.39, 0.29) is 29.7 Å². The summed E-state index contributed by atoms with van der Waals surface area (Å²) >= 11 is 0. The molecule has 6 nitrogen and oxygen atoms in total. The van der Waals surface area contributed by atoms with Crippen LogP contribution in [0.2, 0.25) is 0 Å². The van der Waals surface area contributed by atoms with Crippen LogP contribution in [-0.2, 0) is 4.79 Å². The first kappa shape index (κ1) is 19.1. The van der Waals surface area contributed by atoms with Crippen LogP contribution in [0.5, 0.6) is 0 Å². The minimum Gasteiger partial charge on any atom is -0.358 e. The number of rotatable bonds is 4. The second kappa shape index (κ2) is 7.67. The van der Waals surface area contributed by atoms with Crippen LogP contribution in [0.3, 0.4) is 0 Å². The van der Waals surface area contributed by atoms with Gasteiger partial charge in [-0.05, 0) is 41.8 Å². The van der Waals surface area contributed by atoms with Gasteiger partial charge in [-0.3, -0.25) is 9.59 Å². The number of amides is 2. The summed E-state index contributed by atoms with van der Waals surface area (Å²) < 4.78 is 13.2. The van der Waals surface area contributed by atoms with E-state index in [1.54, 1.807) is 31.1 Å². The van der Waals surface area contributed by atoms with Gasteiger partial charge >= 0.3 is 0 Å². The quantitative estimate of drug-likeness (QED) is 0.636. The van der Waals surface area contributed by atoms with Crippen molar-refractivity contribution in [2.75, 3.05) is 20.6 Å². The number of nitrogens with one attached hydrogen (secondary N) is 3. The highest BCUT2D eigenvalue weighted by Gasteiger charge is 2.33. The molecule has 7 heteroatoms. The maximum absolute atomic E-state index is 13.2. The standard InChI is InChI=1S/C22H23FN4O2/c1-24-21(28)19-11-17(12-25-19)27(2)22(29)20-10-15-4-3-14(9-18(15)26-20)13-5-7-16(23)8-6-13/h3-10,17,19,25-26H,11-12H2,1-2H3,(H,24,28)/t17-,19-/m0/s1. The number of fused-ring (bicyclic) bond motifs is 1. The predicted octanol–water partition coefficient (Wildman–Crippen LogP) is 2.52. The van der Waals surface area contributed by atoms with E-state index in [0.717, 1.165) is 22.0 Å². The van der Waals surface area contributed by atoms with Crippen LogP contribution in [0.25, 0.3) is 22.0 Å². The second-order valence-corrected chi connectivity index (χ2v) is 7.37. The molecule has 0 spiro atoms. The van der Waals surface area contributed by atoms with E-state index in [1.807, 2.05) is 24.3 Å². The summed E-state index contributed by atoms with van der Waals surface area (Å²) in [5.74, 6) is -0.452. The molecule has 1 saturated heterocycles. The van der Waals surface area contributed by atoms with Crippen molar-refractivity contribution in [3.8, 4) is 11.1 Å². The van der Waals surface area contributed by atoms with Crippen LogP contribution >= 0.6 is 0 Å². The van der Waals surface area contributed by atoms with E-state index in [4.69, 9.17) is 0 Å². The molecule has 4 rings (SSSR count). The van der Waals surface area contributed by atoms with Crippen LogP contribution in [-0.4, -0.2) is 54.4 Å². The molecule has 29 heavy (non-hydrogen) atoms. The molecule has 1 aliphatic heterocycles. The number of likely N-dealkylation sites (N-methyl/N-ethyl adjacent to an activating group) is 2. The summed E-state index contributed by atoms with van der Waals surface area (Å²) in [6.45, 7) is 0.579. The molecule has 0 bridgehead atoms. The van der Waals surface area contributed by atoms with Crippen molar-refractivity contribution in [1.82, 2.24) is 20.5 Å². The fraction of sp³-hybridized carbons (Fsp3) is 0.273. The minimum absolute atomic E-state index is 0.0500. The number of benzene rings is 2. The van der Waals surface area contributed by atoms with E-state index in [9.17, 15) is 14.0 Å². The molecule has 2 amide bonds. The highest BCUT2D eigenvalue weighted by atomic mass is 19.1. The van der Waals surface area contributed by atoms with Crippen molar-refractivity contribution in [2.24, 2.45) is 0 Å². The van der Waals surface area contributed by atoms with E-state index < -0.39 is 0 Å². The van der Waals surface area contributed by atoms with Crippen molar-refractivity contribution in [3.05, 3.63) is 60.0 Å². The topological polar surface area (TPSA) is 77.2 Å². The number of nitrogens with zero attached hydrogens (tertiary/aromatic N) is 1. The fourth-order valence-corrected chi connectivity index (χ4v) is 3.81. The molecule has 3 aromatic rings. The smallest absolute Gasteiger partial charge is 0.270 e. The predicted molar refractivity (Wildman–Crippen MR) is 110 cm³/mol. The SMILES string of the molecule is CNC(=O)[C@@H]1C[C@H](N(C)C(=O)c2cc3ccc(-c4ccc(F)cc4)cc3[nH]2)CN1. The van der Waals surface area contributed by atoms with Gasteiger partial charge < -0.3 is 20.5 Å². The molecule has 2 atom stereocenters.